The summed E-state index contributed by atoms with van der Waals surface area (Å²) in [6.07, 6.45) is 6.19. The van der Waals surface area contributed by atoms with Crippen LogP contribution in [0.1, 0.15) is 19.8 Å². The number of aromatic nitrogens is 1. The Labute approximate surface area is 116 Å². The van der Waals surface area contributed by atoms with Gasteiger partial charge in [-0.25, -0.2) is 0 Å². The zero-order chi connectivity index (χ0) is 13.7. The number of nitrogens with one attached hydrogen (secondary N) is 1. The number of piperidine rings is 1. The van der Waals surface area contributed by atoms with Crippen molar-refractivity contribution in [1.82, 2.24) is 15.2 Å². The average Bonchev–Trinajstić information content (AvgIpc) is 2.39. The topological polar surface area (TPSA) is 31.4 Å². The van der Waals surface area contributed by atoms with E-state index in [1.165, 1.54) is 18.5 Å². The largest absolute Gasteiger partial charge is 0.371 e. The fourth-order valence-corrected chi connectivity index (χ4v) is 2.86. The van der Waals surface area contributed by atoms with Gasteiger partial charge in [0, 0.05) is 49.8 Å². The lowest BCUT2D eigenvalue weighted by Crippen LogP contribution is -2.47. The highest BCUT2D eigenvalue weighted by molar-refractivity contribution is 5.44. The maximum atomic E-state index is 4.08. The molecule has 4 nitrogen and oxygen atoms in total. The molecular formula is C15H26N4. The van der Waals surface area contributed by atoms with Gasteiger partial charge in [-0.2, -0.15) is 0 Å². The third-order valence-electron chi connectivity index (χ3n) is 3.68. The van der Waals surface area contributed by atoms with Crippen LogP contribution >= 0.6 is 0 Å². The van der Waals surface area contributed by atoms with Crippen LogP contribution < -0.4 is 10.2 Å². The van der Waals surface area contributed by atoms with Crippen molar-refractivity contribution in [1.29, 1.82) is 0 Å². The predicted octanol–water partition coefficient (Wildman–Crippen LogP) is 1.59. The van der Waals surface area contributed by atoms with E-state index in [0.717, 1.165) is 19.6 Å². The molecule has 1 saturated heterocycles. The summed E-state index contributed by atoms with van der Waals surface area (Å²) < 4.78 is 0. The third-order valence-corrected chi connectivity index (χ3v) is 3.68. The monoisotopic (exact) mass is 262 g/mol. The number of hydrogen-bond acceptors (Lipinski definition) is 4. The molecule has 0 aliphatic carbocycles. The first-order valence-electron chi connectivity index (χ1n) is 7.21. The molecule has 1 atom stereocenters. The minimum atomic E-state index is 0.562. The van der Waals surface area contributed by atoms with E-state index in [-0.39, 0.29) is 0 Å². The molecule has 106 valence electrons. The summed E-state index contributed by atoms with van der Waals surface area (Å²) in [6.45, 7) is 5.65. The smallest absolute Gasteiger partial charge is 0.0397 e. The van der Waals surface area contributed by atoms with Crippen molar-refractivity contribution in [3.63, 3.8) is 0 Å². The molecule has 1 fully saturated rings. The zero-order valence-electron chi connectivity index (χ0n) is 12.3. The van der Waals surface area contributed by atoms with Crippen LogP contribution in [0.3, 0.4) is 0 Å². The van der Waals surface area contributed by atoms with Gasteiger partial charge in [-0.1, -0.05) is 0 Å². The van der Waals surface area contributed by atoms with Gasteiger partial charge in [0.05, 0.1) is 0 Å². The second-order valence-corrected chi connectivity index (χ2v) is 5.80. The lowest BCUT2D eigenvalue weighted by atomic mass is 10.0. The highest BCUT2D eigenvalue weighted by Crippen LogP contribution is 2.19. The molecule has 1 aliphatic rings. The molecule has 0 radical (unpaired) electrons. The Bertz CT molecular complexity index is 358. The standard InChI is InChI=1S/C15H26N4/c1-13(12-18(2)3)17-14-6-10-19(11-7-14)15-4-8-16-9-5-15/h4-5,8-9,13-14,17H,6-7,10-12H2,1-3H3. The van der Waals surface area contributed by atoms with E-state index in [1.807, 2.05) is 12.4 Å². The Hall–Kier alpha value is -1.13. The first-order valence-corrected chi connectivity index (χ1v) is 7.21. The summed E-state index contributed by atoms with van der Waals surface area (Å²) in [6, 6.07) is 5.42. The normalized spacial score (nSPS) is 18.8. The van der Waals surface area contributed by atoms with Crippen LogP contribution in [0.25, 0.3) is 0 Å². The zero-order valence-corrected chi connectivity index (χ0v) is 12.3. The molecule has 19 heavy (non-hydrogen) atoms. The van der Waals surface area contributed by atoms with Crippen LogP contribution in [0.4, 0.5) is 5.69 Å². The maximum absolute atomic E-state index is 4.08. The highest BCUT2D eigenvalue weighted by atomic mass is 15.2. The van der Waals surface area contributed by atoms with Gasteiger partial charge in [0.1, 0.15) is 0 Å². The molecule has 0 spiro atoms. The second-order valence-electron chi connectivity index (χ2n) is 5.80. The number of anilines is 1. The van der Waals surface area contributed by atoms with E-state index in [0.29, 0.717) is 12.1 Å². The van der Waals surface area contributed by atoms with E-state index in [9.17, 15) is 0 Å². The summed E-state index contributed by atoms with van der Waals surface area (Å²) in [5.41, 5.74) is 1.30. The number of rotatable bonds is 5. The first kappa shape index (κ1) is 14.3. The molecule has 1 N–H and O–H groups in total. The average molecular weight is 262 g/mol. The molecule has 2 rings (SSSR count). The van der Waals surface area contributed by atoms with Crippen molar-refractivity contribution in [2.45, 2.75) is 31.8 Å². The van der Waals surface area contributed by atoms with E-state index in [2.05, 4.69) is 53.3 Å². The summed E-state index contributed by atoms with van der Waals surface area (Å²) in [4.78, 5) is 8.77. The van der Waals surface area contributed by atoms with Crippen LogP contribution in [-0.4, -0.2) is 55.7 Å². The third kappa shape index (κ3) is 4.48. The Balaban J connectivity index is 1.76. The van der Waals surface area contributed by atoms with Crippen LogP contribution in [0.2, 0.25) is 0 Å². The minimum Gasteiger partial charge on any atom is -0.371 e. The minimum absolute atomic E-state index is 0.562. The number of likely N-dealkylation sites (N-methyl/N-ethyl adjacent to an activating group) is 1. The molecule has 0 aromatic carbocycles. The molecule has 2 heterocycles. The lowest BCUT2D eigenvalue weighted by molar-refractivity contribution is 0.307. The van der Waals surface area contributed by atoms with Gasteiger partial charge in [-0.15, -0.1) is 0 Å². The molecule has 1 unspecified atom stereocenters. The summed E-state index contributed by atoms with van der Waals surface area (Å²) in [7, 11) is 4.26. The van der Waals surface area contributed by atoms with Gasteiger partial charge < -0.3 is 15.1 Å². The van der Waals surface area contributed by atoms with Gasteiger partial charge in [0.2, 0.25) is 0 Å². The van der Waals surface area contributed by atoms with E-state index < -0.39 is 0 Å². The van der Waals surface area contributed by atoms with Crippen molar-refractivity contribution >= 4 is 5.69 Å². The Morgan fingerprint density at radius 3 is 2.53 bits per heavy atom. The van der Waals surface area contributed by atoms with Crippen LogP contribution in [0.5, 0.6) is 0 Å². The van der Waals surface area contributed by atoms with Crippen LogP contribution in [0, 0.1) is 0 Å². The summed E-state index contributed by atoms with van der Waals surface area (Å²) in [5.74, 6) is 0. The van der Waals surface area contributed by atoms with Crippen molar-refractivity contribution in [2.75, 3.05) is 38.6 Å². The molecule has 1 aromatic heterocycles. The molecule has 0 bridgehead atoms. The van der Waals surface area contributed by atoms with E-state index >= 15 is 0 Å². The Kier molecular flexibility index (Phi) is 5.16. The Morgan fingerprint density at radius 2 is 1.95 bits per heavy atom. The molecule has 1 aromatic rings. The summed E-state index contributed by atoms with van der Waals surface area (Å²) in [5, 5.41) is 3.74. The summed E-state index contributed by atoms with van der Waals surface area (Å²) >= 11 is 0. The van der Waals surface area contributed by atoms with Gasteiger partial charge in [0.25, 0.3) is 0 Å². The van der Waals surface area contributed by atoms with Crippen molar-refractivity contribution in [2.24, 2.45) is 0 Å². The van der Waals surface area contributed by atoms with E-state index in [4.69, 9.17) is 0 Å². The number of nitrogens with zero attached hydrogens (tertiary/aromatic N) is 3. The van der Waals surface area contributed by atoms with Crippen LogP contribution in [-0.2, 0) is 0 Å². The van der Waals surface area contributed by atoms with Gasteiger partial charge in [-0.05, 0) is 46.0 Å². The SMILES string of the molecule is CC(CN(C)C)NC1CCN(c2ccncc2)CC1. The molecular weight excluding hydrogens is 236 g/mol. The van der Waals surface area contributed by atoms with Gasteiger partial charge in [-0.3, -0.25) is 4.98 Å². The molecule has 4 heteroatoms. The quantitative estimate of drug-likeness (QED) is 0.873. The molecule has 0 saturated carbocycles. The fourth-order valence-electron chi connectivity index (χ4n) is 2.86. The van der Waals surface area contributed by atoms with Gasteiger partial charge in [0.15, 0.2) is 0 Å². The molecule has 1 aliphatic heterocycles. The first-order chi connectivity index (χ1) is 9.15. The van der Waals surface area contributed by atoms with Crippen molar-refractivity contribution in [3.8, 4) is 0 Å². The van der Waals surface area contributed by atoms with Crippen molar-refractivity contribution in [3.05, 3.63) is 24.5 Å². The highest BCUT2D eigenvalue weighted by Gasteiger charge is 2.20. The fraction of sp³-hybridized carbons (Fsp3) is 0.667. The number of hydrogen-bond donors (Lipinski definition) is 1. The number of pyridine rings is 1. The predicted molar refractivity (Wildman–Crippen MR) is 80.6 cm³/mol. The van der Waals surface area contributed by atoms with Gasteiger partial charge >= 0.3 is 0 Å². The van der Waals surface area contributed by atoms with Crippen molar-refractivity contribution < 1.29 is 0 Å². The van der Waals surface area contributed by atoms with E-state index in [1.54, 1.807) is 0 Å². The second kappa shape index (κ2) is 6.87. The molecule has 0 amide bonds. The maximum Gasteiger partial charge on any atom is 0.0397 e. The van der Waals surface area contributed by atoms with Crippen LogP contribution in [0.15, 0.2) is 24.5 Å². The lowest BCUT2D eigenvalue weighted by Gasteiger charge is -2.35. The Morgan fingerprint density at radius 1 is 1.32 bits per heavy atom.